The Bertz CT molecular complexity index is 691. The van der Waals surface area contributed by atoms with Crippen LogP contribution in [0.2, 0.25) is 0 Å². The van der Waals surface area contributed by atoms with Crippen molar-refractivity contribution < 1.29 is 9.00 Å². The van der Waals surface area contributed by atoms with Crippen molar-refractivity contribution in [1.82, 2.24) is 9.88 Å². The van der Waals surface area contributed by atoms with Crippen LogP contribution in [0, 0.1) is 0 Å². The third kappa shape index (κ3) is 4.63. The zero-order chi connectivity index (χ0) is 16.8. The van der Waals surface area contributed by atoms with Crippen molar-refractivity contribution in [2.75, 3.05) is 24.4 Å². The molecule has 0 aliphatic heterocycles. The molecule has 0 aliphatic carbocycles. The van der Waals surface area contributed by atoms with Crippen molar-refractivity contribution in [3.63, 3.8) is 0 Å². The van der Waals surface area contributed by atoms with E-state index in [4.69, 9.17) is 0 Å². The van der Waals surface area contributed by atoms with Crippen LogP contribution in [0.3, 0.4) is 0 Å². The molecule has 0 aliphatic rings. The van der Waals surface area contributed by atoms with E-state index in [0.717, 1.165) is 16.8 Å². The molecule has 1 N–H and O–H groups in total. The number of carbonyl (C=O) groups excluding carboxylic acids is 1. The molecule has 2 aromatic rings. The number of anilines is 1. The second kappa shape index (κ2) is 7.87. The van der Waals surface area contributed by atoms with Crippen molar-refractivity contribution in [2.24, 2.45) is 0 Å². The number of hydrogen-bond donors (Lipinski definition) is 1. The maximum Gasteiger partial charge on any atom is 0.321 e. The third-order valence-electron chi connectivity index (χ3n) is 3.62. The summed E-state index contributed by atoms with van der Waals surface area (Å²) in [6, 6.07) is 11.1. The van der Waals surface area contributed by atoms with E-state index in [1.165, 1.54) is 0 Å². The molecule has 2 rings (SSSR count). The zero-order valence-corrected chi connectivity index (χ0v) is 14.3. The summed E-state index contributed by atoms with van der Waals surface area (Å²) in [7, 11) is 0.768. The van der Waals surface area contributed by atoms with Crippen molar-refractivity contribution in [3.8, 4) is 11.1 Å². The number of amides is 2. The second-order valence-corrected chi connectivity index (χ2v) is 6.89. The average Bonchev–Trinajstić information content (AvgIpc) is 2.54. The van der Waals surface area contributed by atoms with Crippen molar-refractivity contribution in [3.05, 3.63) is 48.8 Å². The first-order chi connectivity index (χ1) is 11.0. The van der Waals surface area contributed by atoms with E-state index >= 15 is 0 Å². The summed E-state index contributed by atoms with van der Waals surface area (Å²) in [5.74, 6) is 0.454. The number of pyridine rings is 1. The van der Waals surface area contributed by atoms with Crippen LogP contribution in [0.4, 0.5) is 10.5 Å². The summed E-state index contributed by atoms with van der Waals surface area (Å²) in [5, 5.41) is 2.93. The van der Waals surface area contributed by atoms with E-state index in [2.05, 4.69) is 10.3 Å². The van der Waals surface area contributed by atoms with E-state index in [9.17, 15) is 9.00 Å². The fourth-order valence-corrected chi connectivity index (χ4v) is 3.13. The number of rotatable bonds is 5. The van der Waals surface area contributed by atoms with Crippen LogP contribution in [0.1, 0.15) is 6.92 Å². The number of benzene rings is 1. The highest BCUT2D eigenvalue weighted by Gasteiger charge is 2.18. The predicted molar refractivity (Wildman–Crippen MR) is 94.9 cm³/mol. The molecule has 0 fully saturated rings. The molecule has 0 saturated carbocycles. The number of aromatic nitrogens is 1. The smallest absolute Gasteiger partial charge is 0.321 e. The molecule has 0 unspecified atom stereocenters. The lowest BCUT2D eigenvalue weighted by molar-refractivity contribution is 0.212. The third-order valence-corrected chi connectivity index (χ3v) is 4.57. The molecule has 23 heavy (non-hydrogen) atoms. The zero-order valence-electron chi connectivity index (χ0n) is 13.5. The lowest BCUT2D eigenvalue weighted by atomic mass is 10.1. The van der Waals surface area contributed by atoms with Gasteiger partial charge in [-0.25, -0.2) is 4.79 Å². The Morgan fingerprint density at radius 1 is 1.26 bits per heavy atom. The highest BCUT2D eigenvalue weighted by Crippen LogP contribution is 2.27. The topological polar surface area (TPSA) is 62.3 Å². The lowest BCUT2D eigenvalue weighted by Gasteiger charge is -2.25. The van der Waals surface area contributed by atoms with E-state index < -0.39 is 10.8 Å². The summed E-state index contributed by atoms with van der Waals surface area (Å²) < 4.78 is 11.3. The molecule has 0 bridgehead atoms. The molecule has 2 atom stereocenters. The van der Waals surface area contributed by atoms with Crippen LogP contribution in [0.5, 0.6) is 0 Å². The first kappa shape index (κ1) is 17.1. The number of hydrogen-bond acceptors (Lipinski definition) is 3. The minimum atomic E-state index is -0.942. The largest absolute Gasteiger partial charge is 0.324 e. The van der Waals surface area contributed by atoms with Gasteiger partial charge in [-0.05, 0) is 30.7 Å². The fourth-order valence-electron chi connectivity index (χ4n) is 2.23. The molecule has 0 spiro atoms. The maximum atomic E-state index is 12.4. The predicted octanol–water partition coefficient (Wildman–Crippen LogP) is 2.98. The summed E-state index contributed by atoms with van der Waals surface area (Å²) in [5.41, 5.74) is 2.66. The molecule has 1 aromatic carbocycles. The number of para-hydroxylation sites is 1. The van der Waals surface area contributed by atoms with Crippen LogP contribution < -0.4 is 5.32 Å². The highest BCUT2D eigenvalue weighted by molar-refractivity contribution is 7.84. The van der Waals surface area contributed by atoms with Gasteiger partial charge in [0.15, 0.2) is 0 Å². The average molecular weight is 331 g/mol. The fraction of sp³-hybridized carbons (Fsp3) is 0.294. The van der Waals surface area contributed by atoms with Crippen LogP contribution >= 0.6 is 0 Å². The van der Waals surface area contributed by atoms with Gasteiger partial charge in [0, 0.05) is 53.9 Å². The molecular weight excluding hydrogens is 310 g/mol. The van der Waals surface area contributed by atoms with Crippen molar-refractivity contribution in [2.45, 2.75) is 13.0 Å². The normalized spacial score (nSPS) is 13.2. The summed E-state index contributed by atoms with van der Waals surface area (Å²) in [6.45, 7) is 1.88. The Kier molecular flexibility index (Phi) is 5.87. The van der Waals surface area contributed by atoms with Crippen molar-refractivity contribution >= 4 is 22.5 Å². The van der Waals surface area contributed by atoms with E-state index in [1.54, 1.807) is 30.6 Å². The van der Waals surface area contributed by atoms with Gasteiger partial charge in [0.25, 0.3) is 0 Å². The molecule has 2 amide bonds. The molecule has 0 radical (unpaired) electrons. The maximum absolute atomic E-state index is 12.4. The first-order valence-corrected chi connectivity index (χ1v) is 9.05. The van der Waals surface area contributed by atoms with E-state index in [1.807, 2.05) is 43.3 Å². The van der Waals surface area contributed by atoms with Gasteiger partial charge >= 0.3 is 6.03 Å². The van der Waals surface area contributed by atoms with Gasteiger partial charge in [-0.2, -0.15) is 0 Å². The van der Waals surface area contributed by atoms with Crippen LogP contribution in [0.15, 0.2) is 48.8 Å². The number of carbonyl (C=O) groups is 1. The molecule has 1 aromatic heterocycles. The molecular formula is C17H21N3O2S. The van der Waals surface area contributed by atoms with Gasteiger partial charge in [-0.1, -0.05) is 18.2 Å². The van der Waals surface area contributed by atoms with E-state index in [0.29, 0.717) is 5.75 Å². The van der Waals surface area contributed by atoms with Crippen LogP contribution in [0.25, 0.3) is 11.1 Å². The first-order valence-electron chi connectivity index (χ1n) is 7.32. The van der Waals surface area contributed by atoms with Crippen LogP contribution in [-0.4, -0.2) is 45.2 Å². The second-order valence-electron chi connectivity index (χ2n) is 5.41. The minimum Gasteiger partial charge on any atom is -0.324 e. The summed E-state index contributed by atoms with van der Waals surface area (Å²) in [6.07, 6.45) is 5.08. The van der Waals surface area contributed by atoms with Gasteiger partial charge in [0.05, 0.1) is 5.69 Å². The number of nitrogens with zero attached hydrogens (tertiary/aromatic N) is 2. The monoisotopic (exact) mass is 331 g/mol. The Morgan fingerprint density at radius 3 is 2.57 bits per heavy atom. The molecule has 5 nitrogen and oxygen atoms in total. The SMILES string of the molecule is C[C@@H](C[S@@](C)=O)N(C)C(=O)Nc1ccccc1-c1ccncc1. The molecule has 6 heteroatoms. The summed E-state index contributed by atoms with van der Waals surface area (Å²) >= 11 is 0. The van der Waals surface area contributed by atoms with Gasteiger partial charge in [-0.15, -0.1) is 0 Å². The molecule has 0 saturated heterocycles. The van der Waals surface area contributed by atoms with Gasteiger partial charge in [0.1, 0.15) is 0 Å². The Morgan fingerprint density at radius 2 is 1.91 bits per heavy atom. The number of urea groups is 1. The highest BCUT2D eigenvalue weighted by atomic mass is 32.2. The quantitative estimate of drug-likeness (QED) is 0.916. The standard InChI is InChI=1S/C17H21N3O2S/c1-13(12-23(3)22)20(2)17(21)19-16-7-5-4-6-15(16)14-8-10-18-11-9-14/h4-11,13H,12H2,1-3H3,(H,19,21)/t13-,23+/m0/s1. The van der Waals surface area contributed by atoms with Gasteiger partial charge < -0.3 is 10.2 Å². The minimum absolute atomic E-state index is 0.103. The number of nitrogens with one attached hydrogen (secondary N) is 1. The Balaban J connectivity index is 2.17. The molecule has 1 heterocycles. The van der Waals surface area contributed by atoms with E-state index in [-0.39, 0.29) is 12.1 Å². The van der Waals surface area contributed by atoms with Gasteiger partial charge in [0.2, 0.25) is 0 Å². The lowest BCUT2D eigenvalue weighted by Crippen LogP contribution is -2.41. The van der Waals surface area contributed by atoms with Crippen LogP contribution in [-0.2, 0) is 10.8 Å². The Hall–Kier alpha value is -2.21. The molecule has 122 valence electrons. The van der Waals surface area contributed by atoms with Crippen molar-refractivity contribution in [1.29, 1.82) is 0 Å². The Labute approximate surface area is 139 Å². The summed E-state index contributed by atoms with van der Waals surface area (Å²) in [4.78, 5) is 18.0. The van der Waals surface area contributed by atoms with Gasteiger partial charge in [-0.3, -0.25) is 9.19 Å².